The van der Waals surface area contributed by atoms with Crippen molar-refractivity contribution in [2.75, 3.05) is 0 Å². The van der Waals surface area contributed by atoms with E-state index in [-0.39, 0.29) is 16.0 Å². The van der Waals surface area contributed by atoms with E-state index in [1.807, 2.05) is 0 Å². The Bertz CT molecular complexity index is 718. The van der Waals surface area contributed by atoms with Gasteiger partial charge in [-0.3, -0.25) is 4.79 Å². The lowest BCUT2D eigenvalue weighted by Crippen LogP contribution is -2.24. The van der Waals surface area contributed by atoms with Crippen LogP contribution >= 0.6 is 0 Å². The van der Waals surface area contributed by atoms with Crippen LogP contribution in [0.3, 0.4) is 0 Å². The van der Waals surface area contributed by atoms with Gasteiger partial charge in [0.1, 0.15) is 0 Å². The van der Waals surface area contributed by atoms with E-state index in [0.29, 0.717) is 12.0 Å². The monoisotopic (exact) mass is 281 g/mol. The number of ether oxygens (including phenoxy) is 1. The van der Waals surface area contributed by atoms with Crippen molar-refractivity contribution in [1.82, 2.24) is 0 Å². The molecule has 19 heavy (non-hydrogen) atoms. The van der Waals surface area contributed by atoms with Crippen LogP contribution in [0.2, 0.25) is 0 Å². The highest BCUT2D eigenvalue weighted by Gasteiger charge is 2.35. The van der Waals surface area contributed by atoms with Crippen LogP contribution in [0.4, 0.5) is 0 Å². The Kier molecular flexibility index (Phi) is 2.94. The summed E-state index contributed by atoms with van der Waals surface area (Å²) < 4.78 is 28.6. The molecule has 1 aromatic carbocycles. The first-order chi connectivity index (χ1) is 8.78. The molecule has 0 aromatic heterocycles. The molecule has 0 saturated heterocycles. The van der Waals surface area contributed by atoms with Crippen LogP contribution in [0.1, 0.15) is 33.2 Å². The maximum Gasteiger partial charge on any atom is 0.345 e. The Morgan fingerprint density at radius 2 is 2.05 bits per heavy atom. The van der Waals surface area contributed by atoms with E-state index >= 15 is 0 Å². The molecule has 6 nitrogen and oxygen atoms in total. The molecule has 0 unspecified atom stereocenters. The van der Waals surface area contributed by atoms with Gasteiger partial charge in [0, 0.05) is 5.56 Å². The third-order valence-electron chi connectivity index (χ3n) is 2.87. The number of cyclic esters (lactones) is 1. The summed E-state index contributed by atoms with van der Waals surface area (Å²) in [5, 5.41) is -0.648. The smallest absolute Gasteiger partial charge is 0.345 e. The first-order valence-electron chi connectivity index (χ1n) is 5.42. The van der Waals surface area contributed by atoms with Crippen LogP contribution in [0.5, 0.6) is 0 Å². The standard InChI is InChI=1S/C12H11NO5S/c1-3-7-4-9-10(5-8(7)11(13)14)19(16,17)6(2)18-12(9)15/h4-5H,2-3H2,1H3,(H2,13,14). The summed E-state index contributed by atoms with van der Waals surface area (Å²) in [4.78, 5) is 22.7. The molecule has 1 aliphatic heterocycles. The predicted molar refractivity (Wildman–Crippen MR) is 66.1 cm³/mol. The molecule has 7 heteroatoms. The van der Waals surface area contributed by atoms with Crippen LogP contribution in [0.25, 0.3) is 0 Å². The number of sulfone groups is 1. The minimum Gasteiger partial charge on any atom is -0.411 e. The Labute approximate surface area is 109 Å². The van der Waals surface area contributed by atoms with Crippen LogP contribution < -0.4 is 5.73 Å². The van der Waals surface area contributed by atoms with Crippen LogP contribution in [0, 0.1) is 0 Å². The van der Waals surface area contributed by atoms with Gasteiger partial charge in [-0.05, 0) is 30.7 Å². The summed E-state index contributed by atoms with van der Waals surface area (Å²) in [6, 6.07) is 2.43. The zero-order valence-electron chi connectivity index (χ0n) is 10.1. The van der Waals surface area contributed by atoms with E-state index in [2.05, 4.69) is 11.3 Å². The topological polar surface area (TPSA) is 104 Å². The highest BCUT2D eigenvalue weighted by atomic mass is 32.2. The van der Waals surface area contributed by atoms with Crippen molar-refractivity contribution in [1.29, 1.82) is 0 Å². The number of fused-ring (bicyclic) bond motifs is 1. The van der Waals surface area contributed by atoms with Crippen molar-refractivity contribution >= 4 is 21.7 Å². The molecule has 0 fully saturated rings. The molecule has 0 spiro atoms. The molecule has 0 saturated carbocycles. The number of amides is 1. The Morgan fingerprint density at radius 1 is 1.42 bits per heavy atom. The third kappa shape index (κ3) is 1.91. The minimum absolute atomic E-state index is 0.0762. The van der Waals surface area contributed by atoms with Crippen molar-refractivity contribution in [2.45, 2.75) is 18.2 Å². The van der Waals surface area contributed by atoms with E-state index in [0.717, 1.165) is 6.07 Å². The lowest BCUT2D eigenvalue weighted by atomic mass is 10.0. The number of hydrogen-bond acceptors (Lipinski definition) is 5. The normalized spacial score (nSPS) is 16.7. The Hall–Kier alpha value is -2.15. The van der Waals surface area contributed by atoms with Gasteiger partial charge in [0.05, 0.1) is 10.5 Å². The van der Waals surface area contributed by atoms with Crippen molar-refractivity contribution in [2.24, 2.45) is 5.73 Å². The summed E-state index contributed by atoms with van der Waals surface area (Å²) in [5.74, 6) is -1.56. The molecule has 1 aliphatic rings. The average Bonchev–Trinajstić information content (AvgIpc) is 2.35. The first-order valence-corrected chi connectivity index (χ1v) is 6.90. The highest BCUT2D eigenvalue weighted by molar-refractivity contribution is 7.95. The molecule has 2 rings (SSSR count). The third-order valence-corrected chi connectivity index (χ3v) is 4.47. The maximum absolute atomic E-state index is 12.0. The fourth-order valence-corrected chi connectivity index (χ4v) is 3.00. The van der Waals surface area contributed by atoms with Gasteiger partial charge in [-0.15, -0.1) is 0 Å². The van der Waals surface area contributed by atoms with Gasteiger partial charge < -0.3 is 10.5 Å². The molecule has 0 bridgehead atoms. The lowest BCUT2D eigenvalue weighted by molar-refractivity contribution is 0.0635. The fourth-order valence-electron chi connectivity index (χ4n) is 1.86. The lowest BCUT2D eigenvalue weighted by Gasteiger charge is -2.19. The molecule has 0 aliphatic carbocycles. The molecule has 2 N–H and O–H groups in total. The van der Waals surface area contributed by atoms with Gasteiger partial charge in [0.2, 0.25) is 20.8 Å². The van der Waals surface area contributed by atoms with Gasteiger partial charge in [0.25, 0.3) is 0 Å². The van der Waals surface area contributed by atoms with E-state index in [4.69, 9.17) is 5.73 Å². The number of aryl methyl sites for hydroxylation is 1. The average molecular weight is 281 g/mol. The van der Waals surface area contributed by atoms with Gasteiger partial charge in [-0.1, -0.05) is 6.92 Å². The summed E-state index contributed by atoms with van der Waals surface area (Å²) in [6.45, 7) is 4.95. The Morgan fingerprint density at radius 3 is 2.58 bits per heavy atom. The summed E-state index contributed by atoms with van der Waals surface area (Å²) >= 11 is 0. The minimum atomic E-state index is -3.98. The van der Waals surface area contributed by atoms with Gasteiger partial charge in [-0.25, -0.2) is 13.2 Å². The zero-order valence-corrected chi connectivity index (χ0v) is 10.9. The van der Waals surface area contributed by atoms with Gasteiger partial charge in [-0.2, -0.15) is 0 Å². The summed E-state index contributed by atoms with van der Waals surface area (Å²) in [5.41, 5.74) is 5.67. The Balaban J connectivity index is 2.85. The SMILES string of the molecule is C=C1OC(=O)c2cc(CC)c(C(N)=O)cc2S1(=O)=O. The number of benzene rings is 1. The van der Waals surface area contributed by atoms with E-state index in [1.54, 1.807) is 6.92 Å². The number of esters is 1. The van der Waals surface area contributed by atoms with E-state index in [9.17, 15) is 18.0 Å². The van der Waals surface area contributed by atoms with Crippen LogP contribution in [0.15, 0.2) is 28.7 Å². The second-order valence-corrected chi connectivity index (χ2v) is 5.89. The van der Waals surface area contributed by atoms with Gasteiger partial charge >= 0.3 is 5.97 Å². The fraction of sp³-hybridized carbons (Fsp3) is 0.167. The first kappa shape index (κ1) is 13.3. The predicted octanol–water partition coefficient (Wildman–Crippen LogP) is 0.763. The maximum atomic E-state index is 12.0. The molecule has 1 aromatic rings. The molecule has 100 valence electrons. The van der Waals surface area contributed by atoms with Crippen molar-refractivity contribution in [3.8, 4) is 0 Å². The molecule has 0 radical (unpaired) electrons. The largest absolute Gasteiger partial charge is 0.411 e. The number of carbonyl (C=O) groups is 2. The van der Waals surface area contributed by atoms with Gasteiger partial charge in [0.15, 0.2) is 0 Å². The van der Waals surface area contributed by atoms with Crippen LogP contribution in [-0.2, 0) is 21.0 Å². The summed E-state index contributed by atoms with van der Waals surface area (Å²) in [7, 11) is -3.98. The highest BCUT2D eigenvalue weighted by Crippen LogP contribution is 2.32. The van der Waals surface area contributed by atoms with Crippen molar-refractivity contribution in [3.63, 3.8) is 0 Å². The molecule has 0 atom stereocenters. The van der Waals surface area contributed by atoms with Crippen molar-refractivity contribution in [3.05, 3.63) is 40.5 Å². The second-order valence-electron chi connectivity index (χ2n) is 3.99. The number of nitrogens with two attached hydrogens (primary N) is 1. The number of carbonyl (C=O) groups excluding carboxylic acids is 2. The van der Waals surface area contributed by atoms with Crippen LogP contribution in [-0.4, -0.2) is 20.3 Å². The molecular formula is C12H11NO5S. The molecular weight excluding hydrogens is 270 g/mol. The number of hydrogen-bond donors (Lipinski definition) is 1. The zero-order chi connectivity index (χ0) is 14.4. The second kappa shape index (κ2) is 4.20. The summed E-state index contributed by atoms with van der Waals surface area (Å²) in [6.07, 6.45) is 0.430. The van der Waals surface area contributed by atoms with E-state index in [1.165, 1.54) is 6.07 Å². The molecule has 1 heterocycles. The van der Waals surface area contributed by atoms with Crippen molar-refractivity contribution < 1.29 is 22.7 Å². The number of rotatable bonds is 2. The van der Waals surface area contributed by atoms with E-state index < -0.39 is 26.8 Å². The number of primary amides is 1. The molecule has 1 amide bonds. The quantitative estimate of drug-likeness (QED) is 0.806.